The summed E-state index contributed by atoms with van der Waals surface area (Å²) in [6, 6.07) is 2.37. The second-order valence-corrected chi connectivity index (χ2v) is 6.34. The fourth-order valence-electron chi connectivity index (χ4n) is 2.43. The number of aromatic nitrogens is 1. The minimum absolute atomic E-state index is 0.488. The highest BCUT2D eigenvalue weighted by atomic mass is 32.2. The Balaban J connectivity index is 1.83. The molecule has 0 radical (unpaired) electrons. The van der Waals surface area contributed by atoms with Gasteiger partial charge in [-0.25, -0.2) is 0 Å². The number of thioether (sulfide) groups is 1. The lowest BCUT2D eigenvalue weighted by molar-refractivity contribution is 0.615. The van der Waals surface area contributed by atoms with Crippen LogP contribution in [0.4, 0.5) is 5.69 Å². The fourth-order valence-corrected chi connectivity index (χ4v) is 3.88. The Hall–Kier alpha value is -0.740. The molecule has 1 aromatic rings. The van der Waals surface area contributed by atoms with Crippen LogP contribution in [0, 0.1) is 0 Å². The zero-order chi connectivity index (χ0) is 12.8. The van der Waals surface area contributed by atoms with Crippen molar-refractivity contribution in [3.05, 3.63) is 24.0 Å². The zero-order valence-electron chi connectivity index (χ0n) is 11.1. The van der Waals surface area contributed by atoms with Crippen molar-refractivity contribution in [2.24, 2.45) is 0 Å². The fraction of sp³-hybridized carbons (Fsp3) is 0.643. The predicted octanol–water partition coefficient (Wildman–Crippen LogP) is 2.47. The van der Waals surface area contributed by atoms with Gasteiger partial charge >= 0.3 is 0 Å². The molecule has 0 aliphatic heterocycles. The molecule has 1 unspecified atom stereocenters. The molecule has 0 spiro atoms. The molecule has 100 valence electrons. The van der Waals surface area contributed by atoms with E-state index in [0.717, 1.165) is 28.7 Å². The van der Waals surface area contributed by atoms with E-state index in [1.807, 2.05) is 19.3 Å². The summed E-state index contributed by atoms with van der Waals surface area (Å²) in [5.41, 5.74) is 7.98. The van der Waals surface area contributed by atoms with Crippen LogP contribution in [0.25, 0.3) is 0 Å². The quantitative estimate of drug-likeness (QED) is 0.829. The van der Waals surface area contributed by atoms with Gasteiger partial charge in [0.2, 0.25) is 0 Å². The van der Waals surface area contributed by atoms with E-state index < -0.39 is 0 Å². The largest absolute Gasteiger partial charge is 0.398 e. The van der Waals surface area contributed by atoms with E-state index in [-0.39, 0.29) is 0 Å². The number of pyridine rings is 1. The highest BCUT2D eigenvalue weighted by Gasteiger charge is 2.17. The first-order valence-electron chi connectivity index (χ1n) is 6.77. The summed E-state index contributed by atoms with van der Waals surface area (Å²) in [6.45, 7) is 0. The van der Waals surface area contributed by atoms with Gasteiger partial charge in [0.25, 0.3) is 0 Å². The first-order valence-corrected chi connectivity index (χ1v) is 7.81. The molecule has 1 saturated carbocycles. The lowest BCUT2D eigenvalue weighted by atomic mass is 10.1. The highest BCUT2D eigenvalue weighted by Crippen LogP contribution is 2.30. The minimum atomic E-state index is 0.488. The van der Waals surface area contributed by atoms with Crippen LogP contribution in [0.15, 0.2) is 18.5 Å². The number of likely N-dealkylation sites (N-methyl/N-ethyl adjacent to an activating group) is 1. The Morgan fingerprint density at radius 2 is 2.28 bits per heavy atom. The third-order valence-electron chi connectivity index (χ3n) is 3.65. The van der Waals surface area contributed by atoms with Crippen LogP contribution < -0.4 is 11.1 Å². The number of anilines is 1. The van der Waals surface area contributed by atoms with Crippen LogP contribution in [-0.2, 0) is 6.42 Å². The Bertz CT molecular complexity index is 364. The summed E-state index contributed by atoms with van der Waals surface area (Å²) in [5, 5.41) is 4.28. The summed E-state index contributed by atoms with van der Waals surface area (Å²) in [5.74, 6) is 1.16. The van der Waals surface area contributed by atoms with Crippen molar-refractivity contribution in [3.63, 3.8) is 0 Å². The summed E-state index contributed by atoms with van der Waals surface area (Å²) < 4.78 is 0. The van der Waals surface area contributed by atoms with Crippen molar-refractivity contribution >= 4 is 17.4 Å². The SMILES string of the molecule is CNC(CSC1CCCC1)Cc1cnccc1N. The maximum absolute atomic E-state index is 5.97. The van der Waals surface area contributed by atoms with E-state index in [1.54, 1.807) is 6.20 Å². The molecule has 1 heterocycles. The van der Waals surface area contributed by atoms with Crippen molar-refractivity contribution in [3.8, 4) is 0 Å². The van der Waals surface area contributed by atoms with Crippen LogP contribution in [-0.4, -0.2) is 29.1 Å². The lowest BCUT2D eigenvalue weighted by Gasteiger charge is -2.18. The normalized spacial score (nSPS) is 18.1. The van der Waals surface area contributed by atoms with Gasteiger partial charge in [-0.15, -0.1) is 0 Å². The molecular weight excluding hydrogens is 242 g/mol. The summed E-state index contributed by atoms with van der Waals surface area (Å²) >= 11 is 2.12. The molecule has 1 fully saturated rings. The Morgan fingerprint density at radius 3 is 2.94 bits per heavy atom. The van der Waals surface area contributed by atoms with Gasteiger partial charge in [0.05, 0.1) is 0 Å². The van der Waals surface area contributed by atoms with Crippen molar-refractivity contribution in [1.29, 1.82) is 0 Å². The van der Waals surface area contributed by atoms with Gasteiger partial charge in [-0.1, -0.05) is 12.8 Å². The standard InChI is InChI=1S/C14H23N3S/c1-16-12(10-18-13-4-2-3-5-13)8-11-9-17-7-6-14(11)15/h6-7,9,12-13,16H,2-5,8,10H2,1H3,(H2,15,17). The van der Waals surface area contributed by atoms with Crippen LogP contribution in [0.1, 0.15) is 31.2 Å². The molecule has 1 aliphatic carbocycles. The third kappa shape index (κ3) is 3.89. The number of nitrogens with zero attached hydrogens (tertiary/aromatic N) is 1. The molecule has 0 aromatic carbocycles. The minimum Gasteiger partial charge on any atom is -0.398 e. The number of nitrogen functional groups attached to an aromatic ring is 1. The second kappa shape index (κ2) is 7.00. The molecular formula is C14H23N3S. The smallest absolute Gasteiger partial charge is 0.0378 e. The molecule has 3 N–H and O–H groups in total. The van der Waals surface area contributed by atoms with E-state index in [2.05, 4.69) is 22.1 Å². The average molecular weight is 265 g/mol. The average Bonchev–Trinajstić information content (AvgIpc) is 2.90. The molecule has 2 rings (SSSR count). The van der Waals surface area contributed by atoms with E-state index in [0.29, 0.717) is 6.04 Å². The van der Waals surface area contributed by atoms with E-state index in [1.165, 1.54) is 25.7 Å². The first kappa shape index (κ1) is 13.7. The Labute approximate surface area is 114 Å². The summed E-state index contributed by atoms with van der Waals surface area (Å²) in [6.07, 6.45) is 10.2. The molecule has 1 atom stereocenters. The Morgan fingerprint density at radius 1 is 1.50 bits per heavy atom. The molecule has 0 saturated heterocycles. The number of hydrogen-bond donors (Lipinski definition) is 2. The Kier molecular flexibility index (Phi) is 5.32. The van der Waals surface area contributed by atoms with E-state index in [9.17, 15) is 0 Å². The summed E-state index contributed by atoms with van der Waals surface area (Å²) in [7, 11) is 2.03. The maximum Gasteiger partial charge on any atom is 0.0378 e. The van der Waals surface area contributed by atoms with Gasteiger partial charge in [-0.05, 0) is 37.9 Å². The van der Waals surface area contributed by atoms with Gasteiger partial charge in [0, 0.05) is 35.1 Å². The molecule has 1 aliphatic rings. The molecule has 4 heteroatoms. The molecule has 18 heavy (non-hydrogen) atoms. The van der Waals surface area contributed by atoms with Crippen LogP contribution in [0.3, 0.4) is 0 Å². The number of nitrogens with one attached hydrogen (secondary N) is 1. The second-order valence-electron chi connectivity index (χ2n) is 5.00. The van der Waals surface area contributed by atoms with Crippen LogP contribution in [0.5, 0.6) is 0 Å². The molecule has 0 bridgehead atoms. The zero-order valence-corrected chi connectivity index (χ0v) is 11.9. The van der Waals surface area contributed by atoms with Gasteiger partial charge < -0.3 is 11.1 Å². The topological polar surface area (TPSA) is 50.9 Å². The van der Waals surface area contributed by atoms with Crippen LogP contribution in [0.2, 0.25) is 0 Å². The van der Waals surface area contributed by atoms with E-state index in [4.69, 9.17) is 5.73 Å². The van der Waals surface area contributed by atoms with Crippen molar-refractivity contribution in [2.75, 3.05) is 18.5 Å². The van der Waals surface area contributed by atoms with Crippen molar-refractivity contribution < 1.29 is 0 Å². The molecule has 0 amide bonds. The number of hydrogen-bond acceptors (Lipinski definition) is 4. The van der Waals surface area contributed by atoms with Crippen LogP contribution >= 0.6 is 11.8 Å². The molecule has 1 aromatic heterocycles. The predicted molar refractivity (Wildman–Crippen MR) is 79.9 cm³/mol. The van der Waals surface area contributed by atoms with Gasteiger partial charge in [-0.3, -0.25) is 4.98 Å². The van der Waals surface area contributed by atoms with Gasteiger partial charge in [-0.2, -0.15) is 11.8 Å². The maximum atomic E-state index is 5.97. The third-order valence-corrected chi connectivity index (χ3v) is 5.19. The van der Waals surface area contributed by atoms with E-state index >= 15 is 0 Å². The van der Waals surface area contributed by atoms with Crippen molar-refractivity contribution in [2.45, 2.75) is 43.4 Å². The van der Waals surface area contributed by atoms with Gasteiger partial charge in [0.15, 0.2) is 0 Å². The highest BCUT2D eigenvalue weighted by molar-refractivity contribution is 7.99. The monoisotopic (exact) mass is 265 g/mol. The van der Waals surface area contributed by atoms with Gasteiger partial charge in [0.1, 0.15) is 0 Å². The molecule has 3 nitrogen and oxygen atoms in total. The first-order chi connectivity index (χ1) is 8.79. The van der Waals surface area contributed by atoms with Crippen molar-refractivity contribution in [1.82, 2.24) is 10.3 Å². The number of rotatable bonds is 6. The number of nitrogens with two attached hydrogens (primary N) is 1. The lowest BCUT2D eigenvalue weighted by Crippen LogP contribution is -2.31. The summed E-state index contributed by atoms with van der Waals surface area (Å²) in [4.78, 5) is 4.16.